The van der Waals surface area contributed by atoms with Crippen LogP contribution in [0.3, 0.4) is 0 Å². The number of thiophene rings is 1. The molecule has 0 aliphatic heterocycles. The van der Waals surface area contributed by atoms with E-state index in [0.717, 1.165) is 29.7 Å². The average Bonchev–Trinajstić information content (AvgIpc) is 3.03. The predicted octanol–water partition coefficient (Wildman–Crippen LogP) is 5.15. The first kappa shape index (κ1) is 23.2. The standard InChI is InChI=1S/C23H26Cl2N4O2S/c1-12-5-6-17-18(7-12)32-22-20(17)23(31)29(19(27-22)11-28(3)4)13(2)21(30)26-16-9-14(24)8-15(25)10-16/h8-10,12-13H,5-7,11H2,1-4H3,(H,26,30). The van der Waals surface area contributed by atoms with Gasteiger partial charge in [0.15, 0.2) is 0 Å². The molecule has 2 atom stereocenters. The van der Waals surface area contributed by atoms with Crippen molar-refractivity contribution in [2.24, 2.45) is 5.92 Å². The number of carbonyl (C=O) groups is 1. The molecule has 170 valence electrons. The Labute approximate surface area is 201 Å². The third-order valence-electron chi connectivity index (χ3n) is 5.79. The van der Waals surface area contributed by atoms with Crippen LogP contribution in [0.15, 0.2) is 23.0 Å². The lowest BCUT2D eigenvalue weighted by atomic mass is 9.89. The highest BCUT2D eigenvalue weighted by molar-refractivity contribution is 7.18. The molecular weight excluding hydrogens is 467 g/mol. The number of aryl methyl sites for hydroxylation is 1. The zero-order valence-corrected chi connectivity index (χ0v) is 20.9. The van der Waals surface area contributed by atoms with Crippen LogP contribution in [0.2, 0.25) is 10.0 Å². The molecule has 1 aliphatic rings. The van der Waals surface area contributed by atoms with Gasteiger partial charge >= 0.3 is 0 Å². The number of hydrogen-bond donors (Lipinski definition) is 1. The van der Waals surface area contributed by atoms with Gasteiger partial charge in [0.1, 0.15) is 16.7 Å². The highest BCUT2D eigenvalue weighted by atomic mass is 35.5. The maximum absolute atomic E-state index is 13.7. The third kappa shape index (κ3) is 4.57. The van der Waals surface area contributed by atoms with Crippen molar-refractivity contribution in [2.45, 2.75) is 45.7 Å². The van der Waals surface area contributed by atoms with E-state index in [-0.39, 0.29) is 11.5 Å². The first-order valence-electron chi connectivity index (χ1n) is 10.6. The van der Waals surface area contributed by atoms with Crippen LogP contribution in [-0.2, 0) is 24.2 Å². The van der Waals surface area contributed by atoms with E-state index in [4.69, 9.17) is 28.2 Å². The molecule has 1 aliphatic carbocycles. The van der Waals surface area contributed by atoms with Crippen LogP contribution < -0.4 is 10.9 Å². The number of nitrogens with one attached hydrogen (secondary N) is 1. The highest BCUT2D eigenvalue weighted by Crippen LogP contribution is 2.36. The number of nitrogens with zero attached hydrogens (tertiary/aromatic N) is 3. The predicted molar refractivity (Wildman–Crippen MR) is 132 cm³/mol. The Morgan fingerprint density at radius 2 is 2.00 bits per heavy atom. The minimum absolute atomic E-state index is 0.148. The molecule has 0 saturated carbocycles. The van der Waals surface area contributed by atoms with Crippen LogP contribution in [0, 0.1) is 5.92 Å². The van der Waals surface area contributed by atoms with Gasteiger partial charge in [-0.25, -0.2) is 4.98 Å². The number of hydrogen-bond acceptors (Lipinski definition) is 5. The first-order chi connectivity index (χ1) is 15.1. The molecule has 1 amide bonds. The van der Waals surface area contributed by atoms with Gasteiger partial charge in [0, 0.05) is 20.6 Å². The second-order valence-electron chi connectivity index (χ2n) is 8.80. The van der Waals surface area contributed by atoms with Crippen molar-refractivity contribution in [3.05, 3.63) is 54.9 Å². The van der Waals surface area contributed by atoms with Gasteiger partial charge in [0.05, 0.1) is 11.9 Å². The molecule has 4 rings (SSSR count). The highest BCUT2D eigenvalue weighted by Gasteiger charge is 2.28. The van der Waals surface area contributed by atoms with Gasteiger partial charge < -0.3 is 10.2 Å². The van der Waals surface area contributed by atoms with E-state index in [1.807, 2.05) is 19.0 Å². The van der Waals surface area contributed by atoms with E-state index in [9.17, 15) is 9.59 Å². The zero-order chi connectivity index (χ0) is 23.2. The van der Waals surface area contributed by atoms with E-state index in [1.165, 1.54) is 9.44 Å². The SMILES string of the molecule is CC1CCc2c(sc3nc(CN(C)C)n(C(C)C(=O)Nc4cc(Cl)cc(Cl)c4)c(=O)c23)C1. The molecule has 1 aromatic carbocycles. The summed E-state index contributed by atoms with van der Waals surface area (Å²) in [4.78, 5) is 35.7. The van der Waals surface area contributed by atoms with Crippen LogP contribution in [0.5, 0.6) is 0 Å². The minimum atomic E-state index is -0.759. The summed E-state index contributed by atoms with van der Waals surface area (Å²) in [5.41, 5.74) is 1.45. The number of fused-ring (bicyclic) bond motifs is 3. The van der Waals surface area contributed by atoms with Gasteiger partial charge in [-0.1, -0.05) is 30.1 Å². The number of anilines is 1. The summed E-state index contributed by atoms with van der Waals surface area (Å²) in [6, 6.07) is 4.09. The third-order valence-corrected chi connectivity index (χ3v) is 7.37. The number of halogens is 2. The zero-order valence-electron chi connectivity index (χ0n) is 18.5. The fraction of sp³-hybridized carbons (Fsp3) is 0.435. The quantitative estimate of drug-likeness (QED) is 0.534. The molecule has 6 nitrogen and oxygen atoms in total. The topological polar surface area (TPSA) is 67.2 Å². The molecule has 0 radical (unpaired) electrons. The van der Waals surface area contributed by atoms with Crippen LogP contribution in [0.25, 0.3) is 10.2 Å². The Morgan fingerprint density at radius 1 is 1.31 bits per heavy atom. The fourth-order valence-electron chi connectivity index (χ4n) is 4.23. The summed E-state index contributed by atoms with van der Waals surface area (Å²) in [5.74, 6) is 0.850. The molecule has 2 unspecified atom stereocenters. The Bertz CT molecular complexity index is 1230. The Kier molecular flexibility index (Phi) is 6.63. The van der Waals surface area contributed by atoms with Crippen molar-refractivity contribution in [1.29, 1.82) is 0 Å². The Balaban J connectivity index is 1.79. The second-order valence-corrected chi connectivity index (χ2v) is 10.8. The number of carbonyl (C=O) groups excluding carboxylic acids is 1. The maximum atomic E-state index is 13.7. The van der Waals surface area contributed by atoms with E-state index < -0.39 is 6.04 Å². The van der Waals surface area contributed by atoms with Gasteiger partial charge in [-0.2, -0.15) is 0 Å². The van der Waals surface area contributed by atoms with E-state index >= 15 is 0 Å². The molecule has 0 bridgehead atoms. The normalized spacial score (nSPS) is 16.9. The molecule has 1 N–H and O–H groups in total. The van der Waals surface area contributed by atoms with E-state index in [1.54, 1.807) is 36.5 Å². The van der Waals surface area contributed by atoms with Crippen molar-refractivity contribution in [3.63, 3.8) is 0 Å². The molecule has 2 heterocycles. The van der Waals surface area contributed by atoms with Crippen LogP contribution in [-0.4, -0.2) is 34.5 Å². The van der Waals surface area contributed by atoms with Crippen molar-refractivity contribution in [2.75, 3.05) is 19.4 Å². The summed E-state index contributed by atoms with van der Waals surface area (Å²) >= 11 is 13.7. The lowest BCUT2D eigenvalue weighted by Gasteiger charge is -2.21. The number of rotatable bonds is 5. The van der Waals surface area contributed by atoms with Crippen molar-refractivity contribution >= 4 is 56.3 Å². The van der Waals surface area contributed by atoms with Gasteiger partial charge in [0.2, 0.25) is 5.91 Å². The van der Waals surface area contributed by atoms with Crippen molar-refractivity contribution < 1.29 is 4.79 Å². The lowest BCUT2D eigenvalue weighted by molar-refractivity contribution is -0.119. The number of amides is 1. The first-order valence-corrected chi connectivity index (χ1v) is 12.2. The molecule has 0 fully saturated rings. The fourth-order valence-corrected chi connectivity index (χ4v) is 6.15. The summed E-state index contributed by atoms with van der Waals surface area (Å²) < 4.78 is 1.54. The second kappa shape index (κ2) is 9.14. The van der Waals surface area contributed by atoms with Gasteiger partial charge in [-0.05, 0) is 70.0 Å². The Morgan fingerprint density at radius 3 is 2.66 bits per heavy atom. The molecular formula is C23H26Cl2N4O2S. The summed E-state index contributed by atoms with van der Waals surface area (Å²) in [6.45, 7) is 4.41. The average molecular weight is 493 g/mol. The van der Waals surface area contributed by atoms with E-state index in [0.29, 0.717) is 39.4 Å². The summed E-state index contributed by atoms with van der Waals surface area (Å²) in [7, 11) is 3.83. The molecule has 0 saturated heterocycles. The largest absolute Gasteiger partial charge is 0.324 e. The lowest BCUT2D eigenvalue weighted by Crippen LogP contribution is -2.36. The van der Waals surface area contributed by atoms with Crippen LogP contribution in [0.1, 0.15) is 42.6 Å². The van der Waals surface area contributed by atoms with Crippen molar-refractivity contribution in [1.82, 2.24) is 14.5 Å². The van der Waals surface area contributed by atoms with Crippen LogP contribution >= 0.6 is 34.5 Å². The Hall–Kier alpha value is -1.93. The number of aromatic nitrogens is 2. The molecule has 32 heavy (non-hydrogen) atoms. The van der Waals surface area contributed by atoms with Crippen molar-refractivity contribution in [3.8, 4) is 0 Å². The van der Waals surface area contributed by atoms with Crippen LogP contribution in [0.4, 0.5) is 5.69 Å². The molecule has 3 aromatic rings. The molecule has 2 aromatic heterocycles. The van der Waals surface area contributed by atoms with Gasteiger partial charge in [0.25, 0.3) is 5.56 Å². The molecule has 0 spiro atoms. The maximum Gasteiger partial charge on any atom is 0.263 e. The van der Waals surface area contributed by atoms with E-state index in [2.05, 4.69) is 12.2 Å². The smallest absolute Gasteiger partial charge is 0.263 e. The monoisotopic (exact) mass is 492 g/mol. The minimum Gasteiger partial charge on any atom is -0.324 e. The summed E-state index contributed by atoms with van der Waals surface area (Å²) in [5, 5.41) is 4.35. The number of benzene rings is 1. The summed E-state index contributed by atoms with van der Waals surface area (Å²) in [6.07, 6.45) is 2.91. The van der Waals surface area contributed by atoms with Gasteiger partial charge in [-0.3, -0.25) is 14.2 Å². The molecule has 9 heteroatoms. The van der Waals surface area contributed by atoms with Gasteiger partial charge in [-0.15, -0.1) is 11.3 Å².